The molecule has 0 unspecified atom stereocenters. The Kier molecular flexibility index (Phi) is 7.04. The first-order valence-electron chi connectivity index (χ1n) is 6.14. The van der Waals surface area contributed by atoms with Gasteiger partial charge in [-0.2, -0.15) is 0 Å². The van der Waals surface area contributed by atoms with E-state index in [9.17, 15) is 8.42 Å². The number of halogens is 1. The molecule has 0 N–H and O–H groups in total. The Hall–Kier alpha value is 0.200. The summed E-state index contributed by atoms with van der Waals surface area (Å²) in [6.07, 6.45) is 0.898. The van der Waals surface area contributed by atoms with Gasteiger partial charge < -0.3 is 0 Å². The van der Waals surface area contributed by atoms with E-state index in [1.807, 2.05) is 0 Å². The first-order valence-corrected chi connectivity index (χ1v) is 8.33. The van der Waals surface area contributed by atoms with Crippen molar-refractivity contribution in [3.63, 3.8) is 0 Å². The first-order chi connectivity index (χ1) is 7.62. The number of sulfone groups is 1. The maximum Gasteiger partial charge on any atom is 0.156 e. The van der Waals surface area contributed by atoms with E-state index in [1.165, 1.54) is 0 Å². The van der Waals surface area contributed by atoms with Gasteiger partial charge in [0.25, 0.3) is 0 Å². The lowest BCUT2D eigenvalue weighted by Gasteiger charge is -2.28. The van der Waals surface area contributed by atoms with Gasteiger partial charge in [0.1, 0.15) is 0 Å². The second-order valence-electron chi connectivity index (χ2n) is 5.60. The minimum atomic E-state index is -3.03. The van der Waals surface area contributed by atoms with Crippen molar-refractivity contribution >= 4 is 21.4 Å². The fourth-order valence-corrected chi connectivity index (χ4v) is 2.64. The summed E-state index contributed by atoms with van der Waals surface area (Å²) in [5.41, 5.74) is 0. The second kappa shape index (κ2) is 6.95. The molecular formula is C12H26ClNO2S. The summed E-state index contributed by atoms with van der Waals surface area (Å²) in [4.78, 5) is 2.17. The van der Waals surface area contributed by atoms with Crippen LogP contribution in [0.25, 0.3) is 0 Å². The molecule has 0 bridgehead atoms. The zero-order chi connectivity index (χ0) is 13.7. The monoisotopic (exact) mass is 283 g/mol. The molecule has 0 aromatic carbocycles. The van der Waals surface area contributed by atoms with E-state index in [0.717, 1.165) is 13.0 Å². The Labute approximate surface area is 111 Å². The summed E-state index contributed by atoms with van der Waals surface area (Å²) in [6.45, 7) is 10.9. The minimum Gasteiger partial charge on any atom is -0.300 e. The Morgan fingerprint density at radius 3 is 2.06 bits per heavy atom. The summed E-state index contributed by atoms with van der Waals surface area (Å²) < 4.78 is 23.3. The van der Waals surface area contributed by atoms with Gasteiger partial charge in [-0.05, 0) is 47.6 Å². The Morgan fingerprint density at radius 1 is 1.18 bits per heavy atom. The molecular weight excluding hydrogens is 258 g/mol. The molecule has 0 atom stereocenters. The van der Waals surface area contributed by atoms with Crippen LogP contribution in [0, 0.1) is 0 Å². The number of hydrogen-bond donors (Lipinski definition) is 0. The van der Waals surface area contributed by atoms with E-state index in [2.05, 4.69) is 18.7 Å². The second-order valence-corrected chi connectivity index (χ2v) is 8.84. The van der Waals surface area contributed by atoms with Gasteiger partial charge in [-0.3, -0.25) is 4.90 Å². The highest BCUT2D eigenvalue weighted by atomic mass is 35.5. The predicted molar refractivity (Wildman–Crippen MR) is 75.6 cm³/mol. The Bertz CT molecular complexity index is 307. The third-order valence-electron chi connectivity index (χ3n) is 2.89. The van der Waals surface area contributed by atoms with Crippen molar-refractivity contribution < 1.29 is 8.42 Å². The number of alkyl halides is 1. The molecule has 0 aliphatic heterocycles. The van der Waals surface area contributed by atoms with Crippen LogP contribution >= 0.6 is 11.6 Å². The van der Waals surface area contributed by atoms with Crippen LogP contribution in [0.1, 0.15) is 41.0 Å². The number of hydrogen-bond acceptors (Lipinski definition) is 3. The largest absolute Gasteiger partial charge is 0.300 e. The average molecular weight is 284 g/mol. The highest BCUT2D eigenvalue weighted by Gasteiger charge is 2.29. The zero-order valence-electron chi connectivity index (χ0n) is 11.7. The number of nitrogens with zero attached hydrogens (tertiary/aromatic N) is 1. The van der Waals surface area contributed by atoms with Gasteiger partial charge in [0.15, 0.2) is 9.84 Å². The maximum atomic E-state index is 12.0. The summed E-state index contributed by atoms with van der Waals surface area (Å²) in [6, 6.07) is 0.355. The van der Waals surface area contributed by atoms with Crippen LogP contribution in [0.5, 0.6) is 0 Å². The van der Waals surface area contributed by atoms with E-state index in [-0.39, 0.29) is 5.75 Å². The molecule has 17 heavy (non-hydrogen) atoms. The van der Waals surface area contributed by atoms with Crippen molar-refractivity contribution in [3.05, 3.63) is 0 Å². The lowest BCUT2D eigenvalue weighted by Crippen LogP contribution is -2.40. The average Bonchev–Trinajstić information content (AvgIpc) is 2.15. The van der Waals surface area contributed by atoms with E-state index >= 15 is 0 Å². The van der Waals surface area contributed by atoms with Crippen molar-refractivity contribution in [1.82, 2.24) is 4.90 Å². The van der Waals surface area contributed by atoms with Crippen LogP contribution in [0.4, 0.5) is 0 Å². The maximum absolute atomic E-state index is 12.0. The van der Waals surface area contributed by atoms with Gasteiger partial charge in [-0.25, -0.2) is 8.42 Å². The smallest absolute Gasteiger partial charge is 0.156 e. The van der Waals surface area contributed by atoms with Gasteiger partial charge in [-0.15, -0.1) is 11.6 Å². The molecule has 0 fully saturated rings. The lowest BCUT2D eigenvalue weighted by molar-refractivity contribution is 0.235. The van der Waals surface area contributed by atoms with Crippen LogP contribution in [-0.2, 0) is 9.84 Å². The highest BCUT2D eigenvalue weighted by Crippen LogP contribution is 2.16. The molecule has 0 aliphatic rings. The normalized spacial score (nSPS) is 13.6. The molecule has 3 nitrogen and oxygen atoms in total. The topological polar surface area (TPSA) is 37.4 Å². The quantitative estimate of drug-likeness (QED) is 0.674. The van der Waals surface area contributed by atoms with Crippen LogP contribution < -0.4 is 0 Å². The molecule has 0 saturated carbocycles. The third kappa shape index (κ3) is 6.07. The third-order valence-corrected chi connectivity index (χ3v) is 5.74. The van der Waals surface area contributed by atoms with E-state index in [1.54, 1.807) is 20.8 Å². The van der Waals surface area contributed by atoms with Gasteiger partial charge in [0.2, 0.25) is 0 Å². The fourth-order valence-electron chi connectivity index (χ4n) is 1.43. The van der Waals surface area contributed by atoms with Gasteiger partial charge in [-0.1, -0.05) is 0 Å². The molecule has 0 saturated heterocycles. The zero-order valence-corrected chi connectivity index (χ0v) is 13.2. The molecule has 5 heteroatoms. The fraction of sp³-hybridized carbons (Fsp3) is 1.00. The van der Waals surface area contributed by atoms with Crippen LogP contribution in [0.3, 0.4) is 0 Å². The summed E-state index contributed by atoms with van der Waals surface area (Å²) >= 11 is 5.67. The predicted octanol–water partition coefficient (Wildman–Crippen LogP) is 2.54. The van der Waals surface area contributed by atoms with Crippen LogP contribution in [0.2, 0.25) is 0 Å². The molecule has 0 heterocycles. The van der Waals surface area contributed by atoms with E-state index in [4.69, 9.17) is 11.6 Å². The molecule has 0 radical (unpaired) electrons. The standard InChI is InChI=1S/C12H26ClNO2S/c1-11(2)14(8-6-7-13)9-10-17(15,16)12(3,4)5/h11H,6-10H2,1-5H3. The minimum absolute atomic E-state index is 0.219. The lowest BCUT2D eigenvalue weighted by atomic mass is 10.3. The van der Waals surface area contributed by atoms with Crippen LogP contribution in [0.15, 0.2) is 0 Å². The van der Waals surface area contributed by atoms with Crippen molar-refractivity contribution in [1.29, 1.82) is 0 Å². The van der Waals surface area contributed by atoms with Crippen molar-refractivity contribution in [2.24, 2.45) is 0 Å². The SMILES string of the molecule is CC(C)N(CCCCl)CCS(=O)(=O)C(C)(C)C. The van der Waals surface area contributed by atoms with Crippen molar-refractivity contribution in [2.75, 3.05) is 24.7 Å². The van der Waals surface area contributed by atoms with E-state index in [0.29, 0.717) is 18.5 Å². The molecule has 0 spiro atoms. The molecule has 0 aliphatic carbocycles. The van der Waals surface area contributed by atoms with Gasteiger partial charge >= 0.3 is 0 Å². The number of rotatable bonds is 7. The molecule has 0 amide bonds. The molecule has 0 aromatic heterocycles. The molecule has 0 rings (SSSR count). The summed E-state index contributed by atoms with van der Waals surface area (Å²) in [5.74, 6) is 0.839. The first kappa shape index (κ1) is 17.2. The van der Waals surface area contributed by atoms with Gasteiger partial charge in [0, 0.05) is 18.5 Å². The molecule has 0 aromatic rings. The summed E-state index contributed by atoms with van der Waals surface area (Å²) in [5, 5.41) is 0. The molecule has 104 valence electrons. The van der Waals surface area contributed by atoms with Crippen LogP contribution in [-0.4, -0.2) is 48.8 Å². The Balaban J connectivity index is 4.41. The summed E-state index contributed by atoms with van der Waals surface area (Å²) in [7, 11) is -3.03. The van der Waals surface area contributed by atoms with Gasteiger partial charge in [0.05, 0.1) is 10.5 Å². The van der Waals surface area contributed by atoms with Crippen molar-refractivity contribution in [2.45, 2.75) is 51.8 Å². The van der Waals surface area contributed by atoms with E-state index < -0.39 is 14.6 Å². The Morgan fingerprint density at radius 2 is 1.71 bits per heavy atom. The van der Waals surface area contributed by atoms with Crippen molar-refractivity contribution in [3.8, 4) is 0 Å². The highest BCUT2D eigenvalue weighted by molar-refractivity contribution is 7.92.